The molecule has 116 valence electrons. The summed E-state index contributed by atoms with van der Waals surface area (Å²) in [6.07, 6.45) is 4.11. The Morgan fingerprint density at radius 2 is 1.67 bits per heavy atom. The number of amidine groups is 1. The smallest absolute Gasteiger partial charge is 0.150 e. The van der Waals surface area contributed by atoms with Crippen molar-refractivity contribution in [3.05, 3.63) is 29.3 Å². The standard InChI is InChI=1S/C16H23F2N3/c1-3-16(4-2)5-7-21(8-6-16)14-12(17)9-11(15(19)20)10-13(14)18/h9-10H,3-8H2,1-2H3,(H3,19,20). The molecule has 3 nitrogen and oxygen atoms in total. The van der Waals surface area contributed by atoms with Gasteiger partial charge in [0.15, 0.2) is 0 Å². The van der Waals surface area contributed by atoms with Gasteiger partial charge in [0.2, 0.25) is 0 Å². The van der Waals surface area contributed by atoms with Gasteiger partial charge < -0.3 is 10.6 Å². The Morgan fingerprint density at radius 3 is 2.05 bits per heavy atom. The lowest BCUT2D eigenvalue weighted by molar-refractivity contribution is 0.198. The van der Waals surface area contributed by atoms with Gasteiger partial charge >= 0.3 is 0 Å². The Bertz CT molecular complexity index is 505. The summed E-state index contributed by atoms with van der Waals surface area (Å²) < 4.78 is 28.4. The van der Waals surface area contributed by atoms with Gasteiger partial charge in [-0.1, -0.05) is 26.7 Å². The molecule has 1 heterocycles. The normalized spacial score (nSPS) is 17.8. The Morgan fingerprint density at radius 1 is 1.19 bits per heavy atom. The average Bonchev–Trinajstić information content (AvgIpc) is 2.47. The Hall–Kier alpha value is -1.65. The first-order valence-corrected chi connectivity index (χ1v) is 7.51. The molecule has 3 N–H and O–H groups in total. The largest absolute Gasteiger partial charge is 0.384 e. The van der Waals surface area contributed by atoms with E-state index in [1.807, 2.05) is 0 Å². The molecule has 0 atom stereocenters. The van der Waals surface area contributed by atoms with Crippen molar-refractivity contribution in [3.8, 4) is 0 Å². The highest BCUT2D eigenvalue weighted by molar-refractivity contribution is 5.95. The lowest BCUT2D eigenvalue weighted by Gasteiger charge is -2.42. The van der Waals surface area contributed by atoms with Crippen molar-refractivity contribution in [2.45, 2.75) is 39.5 Å². The molecule has 1 aromatic rings. The molecule has 0 aromatic heterocycles. The van der Waals surface area contributed by atoms with E-state index in [1.54, 1.807) is 4.90 Å². The van der Waals surface area contributed by atoms with Gasteiger partial charge in [0, 0.05) is 18.7 Å². The molecule has 5 heteroatoms. The van der Waals surface area contributed by atoms with E-state index in [0.717, 1.165) is 37.8 Å². The molecule has 0 bridgehead atoms. The van der Waals surface area contributed by atoms with E-state index in [4.69, 9.17) is 11.1 Å². The summed E-state index contributed by atoms with van der Waals surface area (Å²) in [6, 6.07) is 2.28. The maximum atomic E-state index is 14.2. The van der Waals surface area contributed by atoms with E-state index in [1.165, 1.54) is 0 Å². The summed E-state index contributed by atoms with van der Waals surface area (Å²) >= 11 is 0. The van der Waals surface area contributed by atoms with Crippen LogP contribution in [0.25, 0.3) is 0 Å². The van der Waals surface area contributed by atoms with Crippen LogP contribution in [0.2, 0.25) is 0 Å². The molecule has 0 amide bonds. The number of nitrogens with two attached hydrogens (primary N) is 1. The van der Waals surface area contributed by atoms with Crippen LogP contribution in [-0.2, 0) is 0 Å². The molecule has 1 fully saturated rings. The number of nitrogens with zero attached hydrogens (tertiary/aromatic N) is 1. The lowest BCUT2D eigenvalue weighted by Crippen LogP contribution is -2.40. The monoisotopic (exact) mass is 295 g/mol. The number of hydrogen-bond donors (Lipinski definition) is 2. The van der Waals surface area contributed by atoms with Gasteiger partial charge in [-0.15, -0.1) is 0 Å². The SMILES string of the molecule is CCC1(CC)CCN(c2c(F)cc(C(=N)N)cc2F)CC1. The van der Waals surface area contributed by atoms with Gasteiger partial charge in [0.25, 0.3) is 0 Å². The van der Waals surface area contributed by atoms with Crippen LogP contribution in [0, 0.1) is 22.5 Å². The predicted molar refractivity (Wildman–Crippen MR) is 81.8 cm³/mol. The number of nitrogen functional groups attached to an aromatic ring is 1. The van der Waals surface area contributed by atoms with Crippen molar-refractivity contribution < 1.29 is 8.78 Å². The summed E-state index contributed by atoms with van der Waals surface area (Å²) in [5.41, 5.74) is 5.70. The minimum absolute atomic E-state index is 0.0146. The molecule has 1 aliphatic rings. The molecule has 1 saturated heterocycles. The van der Waals surface area contributed by atoms with E-state index in [-0.39, 0.29) is 17.1 Å². The molecule has 2 rings (SSSR count). The maximum absolute atomic E-state index is 14.2. The molecular formula is C16H23F2N3. The maximum Gasteiger partial charge on any atom is 0.150 e. The van der Waals surface area contributed by atoms with Gasteiger partial charge in [-0.25, -0.2) is 8.78 Å². The van der Waals surface area contributed by atoms with Gasteiger partial charge in [-0.05, 0) is 30.4 Å². The van der Waals surface area contributed by atoms with Crippen molar-refractivity contribution in [1.82, 2.24) is 0 Å². The van der Waals surface area contributed by atoms with E-state index in [0.29, 0.717) is 18.5 Å². The van der Waals surface area contributed by atoms with Gasteiger partial charge in [-0.2, -0.15) is 0 Å². The van der Waals surface area contributed by atoms with Crippen LogP contribution >= 0.6 is 0 Å². The van der Waals surface area contributed by atoms with Crippen LogP contribution in [0.1, 0.15) is 45.1 Å². The summed E-state index contributed by atoms with van der Waals surface area (Å²) in [4.78, 5) is 1.78. The highest BCUT2D eigenvalue weighted by Gasteiger charge is 2.33. The van der Waals surface area contributed by atoms with Crippen LogP contribution in [-0.4, -0.2) is 18.9 Å². The number of rotatable bonds is 4. The molecule has 1 aromatic carbocycles. The number of anilines is 1. The average molecular weight is 295 g/mol. The second-order valence-electron chi connectivity index (χ2n) is 5.90. The third-order valence-corrected chi connectivity index (χ3v) is 4.97. The Balaban J connectivity index is 2.23. The number of piperidine rings is 1. The van der Waals surface area contributed by atoms with E-state index in [9.17, 15) is 8.78 Å². The van der Waals surface area contributed by atoms with Crippen LogP contribution in [0.3, 0.4) is 0 Å². The topological polar surface area (TPSA) is 53.1 Å². The molecule has 0 unspecified atom stereocenters. The van der Waals surface area contributed by atoms with Crippen molar-refractivity contribution in [2.75, 3.05) is 18.0 Å². The van der Waals surface area contributed by atoms with Crippen LogP contribution in [0.15, 0.2) is 12.1 Å². The lowest BCUT2D eigenvalue weighted by atomic mass is 9.74. The summed E-state index contributed by atoms with van der Waals surface area (Å²) in [6.45, 7) is 5.69. The van der Waals surface area contributed by atoms with Crippen molar-refractivity contribution in [1.29, 1.82) is 5.41 Å². The number of halogens is 2. The molecule has 0 saturated carbocycles. The predicted octanol–water partition coefficient (Wildman–Crippen LogP) is 3.66. The molecule has 0 spiro atoms. The first-order chi connectivity index (χ1) is 9.92. The fraction of sp³-hybridized carbons (Fsp3) is 0.562. The Labute approximate surface area is 124 Å². The van der Waals surface area contributed by atoms with Crippen molar-refractivity contribution in [3.63, 3.8) is 0 Å². The quantitative estimate of drug-likeness (QED) is 0.658. The third kappa shape index (κ3) is 3.01. The molecule has 0 radical (unpaired) electrons. The van der Waals surface area contributed by atoms with Gasteiger partial charge in [0.1, 0.15) is 23.2 Å². The van der Waals surface area contributed by atoms with E-state index < -0.39 is 11.6 Å². The summed E-state index contributed by atoms with van der Waals surface area (Å²) in [7, 11) is 0. The summed E-state index contributed by atoms with van der Waals surface area (Å²) in [5, 5.41) is 7.28. The number of benzene rings is 1. The third-order valence-electron chi connectivity index (χ3n) is 4.97. The minimum Gasteiger partial charge on any atom is -0.384 e. The van der Waals surface area contributed by atoms with Gasteiger partial charge in [0.05, 0.1) is 0 Å². The zero-order valence-electron chi connectivity index (χ0n) is 12.7. The Kier molecular flexibility index (Phi) is 4.49. The molecular weight excluding hydrogens is 272 g/mol. The zero-order chi connectivity index (χ0) is 15.6. The second kappa shape index (κ2) is 6.00. The van der Waals surface area contributed by atoms with Crippen LogP contribution in [0.4, 0.5) is 14.5 Å². The second-order valence-corrected chi connectivity index (χ2v) is 5.90. The minimum atomic E-state index is -0.638. The van der Waals surface area contributed by atoms with E-state index >= 15 is 0 Å². The van der Waals surface area contributed by atoms with Crippen LogP contribution in [0.5, 0.6) is 0 Å². The number of hydrogen-bond acceptors (Lipinski definition) is 2. The fourth-order valence-corrected chi connectivity index (χ4v) is 3.18. The van der Waals surface area contributed by atoms with E-state index in [2.05, 4.69) is 13.8 Å². The van der Waals surface area contributed by atoms with Crippen molar-refractivity contribution >= 4 is 11.5 Å². The van der Waals surface area contributed by atoms with Gasteiger partial charge in [-0.3, -0.25) is 5.41 Å². The first-order valence-electron chi connectivity index (χ1n) is 7.51. The summed E-state index contributed by atoms with van der Waals surface area (Å²) in [5.74, 6) is -1.60. The molecule has 21 heavy (non-hydrogen) atoms. The number of nitrogens with one attached hydrogen (secondary N) is 1. The molecule has 1 aliphatic heterocycles. The highest BCUT2D eigenvalue weighted by atomic mass is 19.1. The van der Waals surface area contributed by atoms with Crippen LogP contribution < -0.4 is 10.6 Å². The fourth-order valence-electron chi connectivity index (χ4n) is 3.18. The zero-order valence-corrected chi connectivity index (χ0v) is 12.7. The highest BCUT2D eigenvalue weighted by Crippen LogP contribution is 2.40. The molecule has 0 aliphatic carbocycles. The first kappa shape index (κ1) is 15.7. The van der Waals surface area contributed by atoms with Crippen molar-refractivity contribution in [2.24, 2.45) is 11.1 Å².